The topological polar surface area (TPSA) is 76.3 Å². The lowest BCUT2D eigenvalue weighted by molar-refractivity contribution is -0.137. The third-order valence-electron chi connectivity index (χ3n) is 6.10. The maximum atomic E-state index is 13.0. The number of rotatable bonds is 5. The summed E-state index contributed by atoms with van der Waals surface area (Å²) in [6, 6.07) is 11.8. The molecule has 0 radical (unpaired) electrons. The Morgan fingerprint density at radius 1 is 1.09 bits per heavy atom. The first-order chi connectivity index (χ1) is 15.6. The van der Waals surface area contributed by atoms with Crippen LogP contribution in [0.2, 0.25) is 0 Å². The number of hydrogen-bond acceptors (Lipinski definition) is 5. The van der Waals surface area contributed by atoms with Crippen molar-refractivity contribution in [1.29, 1.82) is 0 Å². The molecule has 10 heteroatoms. The number of halogens is 3. The van der Waals surface area contributed by atoms with Gasteiger partial charge in [-0.25, -0.2) is 8.42 Å². The lowest BCUT2D eigenvalue weighted by Gasteiger charge is -2.29. The van der Waals surface area contributed by atoms with Gasteiger partial charge >= 0.3 is 6.18 Å². The molecule has 0 bridgehead atoms. The zero-order chi connectivity index (χ0) is 23.8. The van der Waals surface area contributed by atoms with Crippen molar-refractivity contribution in [2.75, 3.05) is 13.1 Å². The van der Waals surface area contributed by atoms with E-state index in [1.165, 1.54) is 10.4 Å². The van der Waals surface area contributed by atoms with Crippen LogP contribution in [0.15, 0.2) is 57.9 Å². The Morgan fingerprint density at radius 2 is 1.79 bits per heavy atom. The van der Waals surface area contributed by atoms with E-state index in [-0.39, 0.29) is 29.8 Å². The Kier molecular flexibility index (Phi) is 6.32. The lowest BCUT2D eigenvalue weighted by Crippen LogP contribution is -2.38. The number of sulfonamides is 1. The van der Waals surface area contributed by atoms with Crippen LogP contribution in [-0.2, 0) is 16.2 Å². The van der Waals surface area contributed by atoms with E-state index in [9.17, 15) is 21.6 Å². The zero-order valence-electron chi connectivity index (χ0n) is 18.2. The molecule has 0 unspecified atom stereocenters. The third-order valence-corrected chi connectivity index (χ3v) is 8.00. The van der Waals surface area contributed by atoms with Gasteiger partial charge in [-0.05, 0) is 49.1 Å². The highest BCUT2D eigenvalue weighted by atomic mass is 32.2. The van der Waals surface area contributed by atoms with Gasteiger partial charge in [0.05, 0.1) is 10.5 Å². The molecule has 0 N–H and O–H groups in total. The molecule has 1 atom stereocenters. The number of hydrogen-bond donors (Lipinski definition) is 0. The van der Waals surface area contributed by atoms with Gasteiger partial charge in [-0.1, -0.05) is 42.4 Å². The summed E-state index contributed by atoms with van der Waals surface area (Å²) in [5, 5.41) is 4.13. The minimum Gasteiger partial charge on any atom is -0.339 e. The van der Waals surface area contributed by atoms with Crippen LogP contribution in [0.25, 0.3) is 0 Å². The third kappa shape index (κ3) is 4.81. The SMILES string of the molecule is Cc1ccccc1[C@@H](C)c1noc(C2CCN(S(=O)(=O)c3cccc(C(F)(F)F)c3)CC2)n1. The van der Waals surface area contributed by atoms with Gasteiger partial charge in [0.15, 0.2) is 5.82 Å². The van der Waals surface area contributed by atoms with Crippen LogP contribution in [0, 0.1) is 6.92 Å². The number of benzene rings is 2. The predicted molar refractivity (Wildman–Crippen MR) is 115 cm³/mol. The molecule has 2 heterocycles. The Bertz CT molecular complexity index is 1230. The van der Waals surface area contributed by atoms with Crippen molar-refractivity contribution >= 4 is 10.0 Å². The molecule has 33 heavy (non-hydrogen) atoms. The molecule has 4 rings (SSSR count). The van der Waals surface area contributed by atoms with Gasteiger partial charge in [-0.15, -0.1) is 0 Å². The summed E-state index contributed by atoms with van der Waals surface area (Å²) in [6.07, 6.45) is -3.72. The van der Waals surface area contributed by atoms with E-state index in [0.717, 1.165) is 23.3 Å². The molecule has 1 fully saturated rings. The van der Waals surface area contributed by atoms with E-state index in [0.29, 0.717) is 30.6 Å². The Morgan fingerprint density at radius 3 is 2.45 bits per heavy atom. The molecule has 1 aliphatic heterocycles. The Labute approximate surface area is 190 Å². The number of aromatic nitrogens is 2. The van der Waals surface area contributed by atoms with Crippen molar-refractivity contribution in [1.82, 2.24) is 14.4 Å². The van der Waals surface area contributed by atoms with Crippen molar-refractivity contribution < 1.29 is 26.1 Å². The number of alkyl halides is 3. The van der Waals surface area contributed by atoms with Crippen LogP contribution in [0.5, 0.6) is 0 Å². The fraction of sp³-hybridized carbons (Fsp3) is 0.391. The molecule has 0 amide bonds. The molecule has 2 aromatic carbocycles. The number of piperidine rings is 1. The highest BCUT2D eigenvalue weighted by Crippen LogP contribution is 2.34. The van der Waals surface area contributed by atoms with Crippen LogP contribution < -0.4 is 0 Å². The highest BCUT2D eigenvalue weighted by Gasteiger charge is 2.35. The van der Waals surface area contributed by atoms with E-state index < -0.39 is 21.8 Å². The van der Waals surface area contributed by atoms with Gasteiger partial charge in [0, 0.05) is 24.9 Å². The van der Waals surface area contributed by atoms with Crippen LogP contribution >= 0.6 is 0 Å². The summed E-state index contributed by atoms with van der Waals surface area (Å²) in [7, 11) is -4.03. The standard InChI is InChI=1S/C23H24F3N3O3S/c1-15-6-3-4-9-20(15)16(2)21-27-22(32-28-21)17-10-12-29(13-11-17)33(30,31)19-8-5-7-18(14-19)23(24,25)26/h3-9,14,16-17H,10-13H2,1-2H3/t16-/m1/s1. The maximum Gasteiger partial charge on any atom is 0.416 e. The van der Waals surface area contributed by atoms with Gasteiger partial charge in [-0.3, -0.25) is 0 Å². The summed E-state index contributed by atoms with van der Waals surface area (Å²) in [5.74, 6) is 0.869. The Hall–Kier alpha value is -2.72. The minimum absolute atomic E-state index is 0.0509. The van der Waals surface area contributed by atoms with E-state index in [1.54, 1.807) is 0 Å². The minimum atomic E-state index is -4.61. The van der Waals surface area contributed by atoms with Crippen molar-refractivity contribution in [2.45, 2.75) is 49.6 Å². The second kappa shape index (κ2) is 8.90. The van der Waals surface area contributed by atoms with E-state index in [2.05, 4.69) is 10.1 Å². The van der Waals surface area contributed by atoms with Gasteiger partial charge in [-0.2, -0.15) is 22.5 Å². The van der Waals surface area contributed by atoms with Crippen molar-refractivity contribution in [3.05, 3.63) is 76.9 Å². The number of aryl methyl sites for hydroxylation is 1. The largest absolute Gasteiger partial charge is 0.416 e. The van der Waals surface area contributed by atoms with Crippen LogP contribution in [-0.4, -0.2) is 36.0 Å². The van der Waals surface area contributed by atoms with Gasteiger partial charge in [0.25, 0.3) is 0 Å². The molecule has 1 aromatic heterocycles. The first-order valence-corrected chi connectivity index (χ1v) is 12.1. The molecular weight excluding hydrogens is 455 g/mol. The van der Waals surface area contributed by atoms with Crippen molar-refractivity contribution in [2.24, 2.45) is 0 Å². The molecule has 6 nitrogen and oxygen atoms in total. The van der Waals surface area contributed by atoms with E-state index >= 15 is 0 Å². The molecule has 1 saturated heterocycles. The van der Waals surface area contributed by atoms with Crippen molar-refractivity contribution in [3.8, 4) is 0 Å². The number of nitrogens with zero attached hydrogens (tertiary/aromatic N) is 3. The molecule has 3 aromatic rings. The fourth-order valence-electron chi connectivity index (χ4n) is 4.13. The molecule has 0 aliphatic carbocycles. The van der Waals surface area contributed by atoms with Crippen LogP contribution in [0.4, 0.5) is 13.2 Å². The molecule has 0 spiro atoms. The Balaban J connectivity index is 1.45. The van der Waals surface area contributed by atoms with Gasteiger partial charge < -0.3 is 4.52 Å². The zero-order valence-corrected chi connectivity index (χ0v) is 19.0. The van der Waals surface area contributed by atoms with Gasteiger partial charge in [0.2, 0.25) is 15.9 Å². The summed E-state index contributed by atoms with van der Waals surface area (Å²) >= 11 is 0. The van der Waals surface area contributed by atoms with Crippen LogP contribution in [0.1, 0.15) is 60.0 Å². The average Bonchev–Trinajstić information content (AvgIpc) is 3.29. The predicted octanol–water partition coefficient (Wildman–Crippen LogP) is 5.12. The molecule has 0 saturated carbocycles. The maximum absolute atomic E-state index is 13.0. The summed E-state index contributed by atoms with van der Waals surface area (Å²) in [6.45, 7) is 4.34. The quantitative estimate of drug-likeness (QED) is 0.508. The summed E-state index contributed by atoms with van der Waals surface area (Å²) < 4.78 is 71.5. The van der Waals surface area contributed by atoms with Gasteiger partial charge in [0.1, 0.15) is 0 Å². The fourth-order valence-corrected chi connectivity index (χ4v) is 5.64. The van der Waals surface area contributed by atoms with Crippen LogP contribution in [0.3, 0.4) is 0 Å². The monoisotopic (exact) mass is 479 g/mol. The molecule has 176 valence electrons. The molecule has 1 aliphatic rings. The lowest BCUT2D eigenvalue weighted by atomic mass is 9.95. The molecular formula is C23H24F3N3O3S. The second-order valence-corrected chi connectivity index (χ2v) is 10.2. The summed E-state index contributed by atoms with van der Waals surface area (Å²) in [5.41, 5.74) is 1.25. The average molecular weight is 480 g/mol. The first-order valence-electron chi connectivity index (χ1n) is 10.6. The smallest absolute Gasteiger partial charge is 0.339 e. The first kappa shape index (κ1) is 23.4. The normalized spacial score (nSPS) is 17.2. The van der Waals surface area contributed by atoms with Crippen molar-refractivity contribution in [3.63, 3.8) is 0 Å². The van der Waals surface area contributed by atoms with E-state index in [1.807, 2.05) is 38.1 Å². The van der Waals surface area contributed by atoms with E-state index in [4.69, 9.17) is 4.52 Å². The summed E-state index contributed by atoms with van der Waals surface area (Å²) in [4.78, 5) is 4.21. The highest BCUT2D eigenvalue weighted by molar-refractivity contribution is 7.89. The second-order valence-electron chi connectivity index (χ2n) is 8.27.